The lowest BCUT2D eigenvalue weighted by atomic mass is 10.1. The normalized spacial score (nSPS) is 18.3. The number of benzene rings is 2. The van der Waals surface area contributed by atoms with Gasteiger partial charge in [0.05, 0.1) is 17.1 Å². The van der Waals surface area contributed by atoms with E-state index < -0.39 is 52.6 Å². The number of carboxylic acids is 1. The van der Waals surface area contributed by atoms with Gasteiger partial charge in [0, 0.05) is 11.4 Å². The minimum Gasteiger partial charge on any atom is -0.480 e. The lowest BCUT2D eigenvalue weighted by Crippen LogP contribution is -2.47. The van der Waals surface area contributed by atoms with Crippen LogP contribution < -0.4 is 10.6 Å². The Kier molecular flexibility index (Phi) is 7.19. The SMILES string of the molecule is O=C(NCC(=O)N1[C@@H](c2ccccc2)SC[C@H]1C(=O)O)Nc1ccc(Cl)c(C(F)(F)F)c1. The number of carbonyl (C=O) groups is 3. The van der Waals surface area contributed by atoms with Crippen LogP contribution in [0.3, 0.4) is 0 Å². The van der Waals surface area contributed by atoms with Crippen LogP contribution in [0.1, 0.15) is 16.5 Å². The van der Waals surface area contributed by atoms with Gasteiger partial charge < -0.3 is 20.6 Å². The largest absolute Gasteiger partial charge is 0.480 e. The molecule has 0 aromatic heterocycles. The molecular formula is C20H17ClF3N3O4S. The topological polar surface area (TPSA) is 98.7 Å². The van der Waals surface area contributed by atoms with Crippen molar-refractivity contribution in [1.82, 2.24) is 10.2 Å². The van der Waals surface area contributed by atoms with Crippen molar-refractivity contribution >= 4 is 47.0 Å². The molecule has 2 aromatic rings. The Morgan fingerprint density at radius 1 is 1.16 bits per heavy atom. The number of carboxylic acid groups (broad SMARTS) is 1. The third-order valence-corrected chi connectivity index (χ3v) is 6.24. The van der Waals surface area contributed by atoms with Crippen molar-refractivity contribution in [2.24, 2.45) is 0 Å². The summed E-state index contributed by atoms with van der Waals surface area (Å²) >= 11 is 6.84. The summed E-state index contributed by atoms with van der Waals surface area (Å²) in [5.74, 6) is -1.63. The molecule has 32 heavy (non-hydrogen) atoms. The maximum Gasteiger partial charge on any atom is 0.417 e. The molecule has 3 N–H and O–H groups in total. The van der Waals surface area contributed by atoms with Crippen molar-refractivity contribution in [3.63, 3.8) is 0 Å². The van der Waals surface area contributed by atoms with Crippen molar-refractivity contribution in [2.75, 3.05) is 17.6 Å². The standard InChI is InChI=1S/C20H17ClF3N3O4S/c21-14-7-6-12(8-13(14)20(22,23)24)26-19(31)25-9-16(28)27-15(18(29)30)10-32-17(27)11-4-2-1-3-5-11/h1-8,15,17H,9-10H2,(H,29,30)(H2,25,26,31)/t15-,17+/m0/s1. The summed E-state index contributed by atoms with van der Waals surface area (Å²) in [5.41, 5.74) is -0.550. The summed E-state index contributed by atoms with van der Waals surface area (Å²) in [6.07, 6.45) is -4.70. The van der Waals surface area contributed by atoms with Crippen LogP contribution in [0.2, 0.25) is 5.02 Å². The molecule has 0 unspecified atom stereocenters. The number of anilines is 1. The molecule has 0 aliphatic carbocycles. The predicted molar refractivity (Wildman–Crippen MR) is 113 cm³/mol. The number of carbonyl (C=O) groups excluding carboxylic acids is 2. The van der Waals surface area contributed by atoms with Gasteiger partial charge in [-0.1, -0.05) is 41.9 Å². The molecule has 1 aliphatic heterocycles. The van der Waals surface area contributed by atoms with Crippen molar-refractivity contribution in [3.8, 4) is 0 Å². The Morgan fingerprint density at radius 2 is 1.84 bits per heavy atom. The molecular weight excluding hydrogens is 471 g/mol. The molecule has 12 heteroatoms. The molecule has 0 saturated carbocycles. The smallest absolute Gasteiger partial charge is 0.417 e. The first kappa shape index (κ1) is 23.7. The third-order valence-electron chi connectivity index (χ3n) is 4.59. The summed E-state index contributed by atoms with van der Waals surface area (Å²) in [6, 6.07) is 9.69. The van der Waals surface area contributed by atoms with Crippen LogP contribution in [0.25, 0.3) is 0 Å². The van der Waals surface area contributed by atoms with Gasteiger partial charge in [-0.3, -0.25) is 4.79 Å². The molecule has 0 radical (unpaired) electrons. The number of rotatable bonds is 5. The number of urea groups is 1. The highest BCUT2D eigenvalue weighted by Crippen LogP contribution is 2.41. The lowest BCUT2D eigenvalue weighted by Gasteiger charge is -2.27. The van der Waals surface area contributed by atoms with Gasteiger partial charge in [0.2, 0.25) is 5.91 Å². The summed E-state index contributed by atoms with van der Waals surface area (Å²) in [5, 5.41) is 12.9. The summed E-state index contributed by atoms with van der Waals surface area (Å²) in [4.78, 5) is 37.7. The zero-order valence-electron chi connectivity index (χ0n) is 16.2. The van der Waals surface area contributed by atoms with E-state index in [9.17, 15) is 32.7 Å². The number of thioether (sulfide) groups is 1. The van der Waals surface area contributed by atoms with Gasteiger partial charge in [-0.05, 0) is 23.8 Å². The van der Waals surface area contributed by atoms with Crippen LogP contribution in [-0.4, -0.2) is 46.3 Å². The molecule has 1 heterocycles. The second kappa shape index (κ2) is 9.70. The fraction of sp³-hybridized carbons (Fsp3) is 0.250. The van der Waals surface area contributed by atoms with Crippen LogP contribution >= 0.6 is 23.4 Å². The van der Waals surface area contributed by atoms with Gasteiger partial charge >= 0.3 is 18.2 Å². The lowest BCUT2D eigenvalue weighted by molar-refractivity contribution is -0.148. The first-order chi connectivity index (χ1) is 15.1. The Morgan fingerprint density at radius 3 is 2.47 bits per heavy atom. The van der Waals surface area contributed by atoms with E-state index in [-0.39, 0.29) is 11.4 Å². The van der Waals surface area contributed by atoms with E-state index in [1.54, 1.807) is 30.3 Å². The summed E-state index contributed by atoms with van der Waals surface area (Å²) in [6.45, 7) is -0.542. The maximum atomic E-state index is 13.0. The van der Waals surface area contributed by atoms with Crippen LogP contribution in [0.5, 0.6) is 0 Å². The third kappa shape index (κ3) is 5.46. The number of alkyl halides is 3. The minimum atomic E-state index is -4.70. The quantitative estimate of drug-likeness (QED) is 0.587. The van der Waals surface area contributed by atoms with E-state index >= 15 is 0 Å². The highest BCUT2D eigenvalue weighted by atomic mass is 35.5. The van der Waals surface area contributed by atoms with E-state index in [4.69, 9.17) is 11.6 Å². The second-order valence-corrected chi connectivity index (χ2v) is 8.27. The fourth-order valence-electron chi connectivity index (χ4n) is 3.12. The number of halogens is 4. The van der Waals surface area contributed by atoms with Gasteiger partial charge in [-0.2, -0.15) is 13.2 Å². The molecule has 1 fully saturated rings. The molecule has 2 atom stereocenters. The fourth-order valence-corrected chi connectivity index (χ4v) is 4.79. The molecule has 0 spiro atoms. The monoisotopic (exact) mass is 487 g/mol. The Hall–Kier alpha value is -2.92. The number of hydrogen-bond donors (Lipinski definition) is 3. The first-order valence-corrected chi connectivity index (χ1v) is 10.6. The van der Waals surface area contributed by atoms with Crippen molar-refractivity contribution in [1.29, 1.82) is 0 Å². The second-order valence-electron chi connectivity index (χ2n) is 6.75. The molecule has 3 rings (SSSR count). The summed E-state index contributed by atoms with van der Waals surface area (Å²) in [7, 11) is 0. The molecule has 2 aromatic carbocycles. The van der Waals surface area contributed by atoms with Gasteiger partial charge in [-0.15, -0.1) is 11.8 Å². The van der Waals surface area contributed by atoms with E-state index in [0.29, 0.717) is 6.07 Å². The molecule has 1 saturated heterocycles. The minimum absolute atomic E-state index is 0.172. The van der Waals surface area contributed by atoms with Crippen molar-refractivity contribution < 1.29 is 32.7 Å². The highest BCUT2D eigenvalue weighted by Gasteiger charge is 2.42. The molecule has 7 nitrogen and oxygen atoms in total. The Balaban J connectivity index is 1.67. The van der Waals surface area contributed by atoms with Crippen LogP contribution in [0.4, 0.5) is 23.7 Å². The van der Waals surface area contributed by atoms with Gasteiger partial charge in [0.25, 0.3) is 0 Å². The van der Waals surface area contributed by atoms with E-state index in [0.717, 1.165) is 11.6 Å². The average molecular weight is 488 g/mol. The average Bonchev–Trinajstić information content (AvgIpc) is 3.19. The maximum absolute atomic E-state index is 13.0. The molecule has 1 aliphatic rings. The Bertz CT molecular complexity index is 1020. The zero-order chi connectivity index (χ0) is 23.5. The van der Waals surface area contributed by atoms with Gasteiger partial charge in [0.15, 0.2) is 0 Å². The zero-order valence-corrected chi connectivity index (χ0v) is 17.8. The number of nitrogens with one attached hydrogen (secondary N) is 2. The van der Waals surface area contributed by atoms with Gasteiger partial charge in [-0.25, -0.2) is 9.59 Å². The summed E-state index contributed by atoms with van der Waals surface area (Å²) < 4.78 is 38.9. The molecule has 3 amide bonds. The van der Waals surface area contributed by atoms with Crippen LogP contribution in [0, 0.1) is 0 Å². The van der Waals surface area contributed by atoms with Crippen molar-refractivity contribution in [3.05, 3.63) is 64.7 Å². The van der Waals surface area contributed by atoms with Gasteiger partial charge in [0.1, 0.15) is 11.4 Å². The highest BCUT2D eigenvalue weighted by molar-refractivity contribution is 7.99. The Labute approximate surface area is 189 Å². The van der Waals surface area contributed by atoms with E-state index in [1.165, 1.54) is 22.7 Å². The van der Waals surface area contributed by atoms with Crippen LogP contribution in [-0.2, 0) is 15.8 Å². The van der Waals surface area contributed by atoms with E-state index in [1.807, 2.05) is 0 Å². The number of nitrogens with zero attached hydrogens (tertiary/aromatic N) is 1. The predicted octanol–water partition coefficient (Wildman–Crippen LogP) is 4.21. The first-order valence-electron chi connectivity index (χ1n) is 9.20. The molecule has 170 valence electrons. The van der Waals surface area contributed by atoms with Crippen molar-refractivity contribution in [2.45, 2.75) is 17.6 Å². The number of amides is 3. The number of hydrogen-bond acceptors (Lipinski definition) is 4. The van der Waals surface area contributed by atoms with Crippen LogP contribution in [0.15, 0.2) is 48.5 Å². The molecule has 0 bridgehead atoms. The number of aliphatic carboxylic acids is 1. The van der Waals surface area contributed by atoms with E-state index in [2.05, 4.69) is 10.6 Å².